The summed E-state index contributed by atoms with van der Waals surface area (Å²) >= 11 is 0. The zero-order valence-electron chi connectivity index (χ0n) is 23.8. The Hall–Kier alpha value is -3.13. The molecule has 3 rings (SSSR count). The number of nitrogens with one attached hydrogen (secondary N) is 2. The Kier molecular flexibility index (Phi) is 12.1. The van der Waals surface area contributed by atoms with E-state index in [1.807, 2.05) is 31.7 Å². The second kappa shape index (κ2) is 15.5. The second-order valence-electron chi connectivity index (χ2n) is 11.0. The summed E-state index contributed by atoms with van der Waals surface area (Å²) < 4.78 is 5.23. The minimum absolute atomic E-state index is 0.000615. The first-order valence-corrected chi connectivity index (χ1v) is 14.6. The molecule has 0 radical (unpaired) electrons. The summed E-state index contributed by atoms with van der Waals surface area (Å²) in [5.74, 6) is -0.0848. The lowest BCUT2D eigenvalue weighted by Gasteiger charge is -2.27. The molecular formula is C31H46N4O4. The average Bonchev–Trinajstić information content (AvgIpc) is 3.65. The van der Waals surface area contributed by atoms with Crippen LogP contribution < -0.4 is 16.4 Å². The molecule has 1 aliphatic rings. The molecule has 0 saturated heterocycles. The van der Waals surface area contributed by atoms with Crippen LogP contribution in [0.4, 0.5) is 0 Å². The Balaban J connectivity index is 1.67. The van der Waals surface area contributed by atoms with E-state index >= 15 is 0 Å². The Morgan fingerprint density at radius 3 is 2.41 bits per heavy atom. The number of benzene rings is 1. The third kappa shape index (κ3) is 9.24. The van der Waals surface area contributed by atoms with Crippen molar-refractivity contribution in [3.63, 3.8) is 0 Å². The van der Waals surface area contributed by atoms with E-state index in [4.69, 9.17) is 10.2 Å². The first-order valence-electron chi connectivity index (χ1n) is 14.6. The number of furan rings is 1. The number of carbonyl (C=O) groups excluding carboxylic acids is 3. The molecule has 1 aromatic heterocycles. The van der Waals surface area contributed by atoms with Crippen LogP contribution in [-0.4, -0.2) is 54.3 Å². The monoisotopic (exact) mass is 538 g/mol. The van der Waals surface area contributed by atoms with Crippen molar-refractivity contribution in [3.05, 3.63) is 59.5 Å². The fourth-order valence-electron chi connectivity index (χ4n) is 5.37. The van der Waals surface area contributed by atoms with Crippen molar-refractivity contribution in [3.8, 4) is 0 Å². The molecule has 1 aromatic carbocycles. The maximum atomic E-state index is 13.4. The zero-order valence-corrected chi connectivity index (χ0v) is 23.8. The highest BCUT2D eigenvalue weighted by molar-refractivity contribution is 5.99. The molecule has 0 bridgehead atoms. The SMILES string of the molecule is CCCN(CCC)C(=O)c1cccc(C(=O)N[C@@H](Cc2ccoc2)[C@@H](N)C[C@@H](C)C(=O)NCC2CCCC2)c1. The van der Waals surface area contributed by atoms with Crippen LogP contribution in [0.15, 0.2) is 47.3 Å². The van der Waals surface area contributed by atoms with Gasteiger partial charge in [-0.05, 0) is 74.3 Å². The summed E-state index contributed by atoms with van der Waals surface area (Å²) in [5, 5.41) is 6.17. The molecule has 3 atom stereocenters. The fourth-order valence-corrected chi connectivity index (χ4v) is 5.37. The van der Waals surface area contributed by atoms with Crippen molar-refractivity contribution in [1.29, 1.82) is 0 Å². The lowest BCUT2D eigenvalue weighted by molar-refractivity contribution is -0.125. The van der Waals surface area contributed by atoms with Crippen LogP contribution in [0.3, 0.4) is 0 Å². The van der Waals surface area contributed by atoms with E-state index in [0.717, 1.165) is 24.9 Å². The van der Waals surface area contributed by atoms with E-state index in [2.05, 4.69) is 10.6 Å². The van der Waals surface area contributed by atoms with E-state index in [9.17, 15) is 14.4 Å². The minimum atomic E-state index is -0.453. The molecule has 0 spiro atoms. The minimum Gasteiger partial charge on any atom is -0.472 e. The normalized spacial score (nSPS) is 15.9. The molecule has 1 aliphatic carbocycles. The highest BCUT2D eigenvalue weighted by atomic mass is 16.3. The molecule has 1 saturated carbocycles. The Labute approximate surface area is 233 Å². The summed E-state index contributed by atoms with van der Waals surface area (Å²) in [6.45, 7) is 8.05. The van der Waals surface area contributed by atoms with Crippen LogP contribution in [-0.2, 0) is 11.2 Å². The van der Waals surface area contributed by atoms with Crippen LogP contribution in [0.2, 0.25) is 0 Å². The van der Waals surface area contributed by atoms with E-state index in [1.54, 1.807) is 36.8 Å². The number of rotatable bonds is 15. The largest absolute Gasteiger partial charge is 0.472 e. The summed E-state index contributed by atoms with van der Waals surface area (Å²) in [5.41, 5.74) is 8.42. The third-order valence-corrected chi connectivity index (χ3v) is 7.63. The smallest absolute Gasteiger partial charge is 0.253 e. The van der Waals surface area contributed by atoms with Crippen LogP contribution >= 0.6 is 0 Å². The Morgan fingerprint density at radius 1 is 1.08 bits per heavy atom. The Morgan fingerprint density at radius 2 is 1.77 bits per heavy atom. The van der Waals surface area contributed by atoms with Gasteiger partial charge in [0, 0.05) is 48.8 Å². The summed E-state index contributed by atoms with van der Waals surface area (Å²) in [7, 11) is 0. The van der Waals surface area contributed by atoms with Crippen LogP contribution in [0.5, 0.6) is 0 Å². The van der Waals surface area contributed by atoms with Crippen molar-refractivity contribution in [1.82, 2.24) is 15.5 Å². The van der Waals surface area contributed by atoms with Gasteiger partial charge in [-0.2, -0.15) is 0 Å². The van der Waals surface area contributed by atoms with E-state index in [1.165, 1.54) is 25.7 Å². The molecule has 39 heavy (non-hydrogen) atoms. The van der Waals surface area contributed by atoms with Gasteiger partial charge in [0.1, 0.15) is 0 Å². The molecule has 1 fully saturated rings. The van der Waals surface area contributed by atoms with Crippen LogP contribution in [0.1, 0.15) is 92.0 Å². The van der Waals surface area contributed by atoms with Gasteiger partial charge in [-0.15, -0.1) is 0 Å². The average molecular weight is 539 g/mol. The lowest BCUT2D eigenvalue weighted by atomic mass is 9.92. The Bertz CT molecular complexity index is 1040. The molecule has 8 heteroatoms. The van der Waals surface area contributed by atoms with Gasteiger partial charge >= 0.3 is 0 Å². The lowest BCUT2D eigenvalue weighted by Crippen LogP contribution is -2.50. The van der Waals surface area contributed by atoms with Crippen molar-refractivity contribution in [2.45, 2.75) is 84.2 Å². The molecule has 4 N–H and O–H groups in total. The molecular weight excluding hydrogens is 492 g/mol. The van der Waals surface area contributed by atoms with Crippen molar-refractivity contribution >= 4 is 17.7 Å². The van der Waals surface area contributed by atoms with Crippen LogP contribution in [0.25, 0.3) is 0 Å². The molecule has 8 nitrogen and oxygen atoms in total. The van der Waals surface area contributed by atoms with Crippen molar-refractivity contribution in [2.75, 3.05) is 19.6 Å². The molecule has 0 aliphatic heterocycles. The second-order valence-corrected chi connectivity index (χ2v) is 11.0. The van der Waals surface area contributed by atoms with Crippen molar-refractivity contribution in [2.24, 2.45) is 17.6 Å². The van der Waals surface area contributed by atoms with Gasteiger partial charge in [-0.25, -0.2) is 0 Å². The maximum absolute atomic E-state index is 13.4. The predicted molar refractivity (Wildman–Crippen MR) is 153 cm³/mol. The highest BCUT2D eigenvalue weighted by Gasteiger charge is 2.27. The summed E-state index contributed by atoms with van der Waals surface area (Å²) in [6.07, 6.45) is 10.7. The number of nitrogens with zero attached hydrogens (tertiary/aromatic N) is 1. The predicted octanol–water partition coefficient (Wildman–Crippen LogP) is 4.54. The van der Waals surface area contributed by atoms with Gasteiger partial charge in [0.15, 0.2) is 0 Å². The molecule has 0 unspecified atom stereocenters. The van der Waals surface area contributed by atoms with Gasteiger partial charge in [0.25, 0.3) is 11.8 Å². The third-order valence-electron chi connectivity index (χ3n) is 7.63. The van der Waals surface area contributed by atoms with Crippen LogP contribution in [0, 0.1) is 11.8 Å². The zero-order chi connectivity index (χ0) is 28.2. The van der Waals surface area contributed by atoms with E-state index < -0.39 is 12.1 Å². The van der Waals surface area contributed by atoms with Crippen molar-refractivity contribution < 1.29 is 18.8 Å². The number of nitrogens with two attached hydrogens (primary N) is 1. The molecule has 1 heterocycles. The molecule has 2 aromatic rings. The van der Waals surface area contributed by atoms with Gasteiger partial charge in [-0.1, -0.05) is 39.7 Å². The maximum Gasteiger partial charge on any atom is 0.253 e. The van der Waals surface area contributed by atoms with Gasteiger partial charge < -0.3 is 25.7 Å². The first kappa shape index (κ1) is 30.4. The number of hydrogen-bond donors (Lipinski definition) is 3. The molecule has 3 amide bonds. The van der Waals surface area contributed by atoms with Gasteiger partial charge in [0.2, 0.25) is 5.91 Å². The quantitative estimate of drug-likeness (QED) is 0.308. The summed E-state index contributed by atoms with van der Waals surface area (Å²) in [6, 6.07) is 7.81. The number of hydrogen-bond acceptors (Lipinski definition) is 5. The van der Waals surface area contributed by atoms with E-state index in [0.29, 0.717) is 43.0 Å². The highest BCUT2D eigenvalue weighted by Crippen LogP contribution is 2.24. The summed E-state index contributed by atoms with van der Waals surface area (Å²) in [4.78, 5) is 41.0. The van der Waals surface area contributed by atoms with E-state index in [-0.39, 0.29) is 23.6 Å². The van der Waals surface area contributed by atoms with Gasteiger partial charge in [0.05, 0.1) is 12.5 Å². The molecule has 214 valence electrons. The fraction of sp³-hybridized carbons (Fsp3) is 0.581. The van der Waals surface area contributed by atoms with Gasteiger partial charge in [-0.3, -0.25) is 14.4 Å². The number of amides is 3. The standard InChI is InChI=1S/C31H46N4O4/c1-4-14-35(15-5-2)31(38)26-12-8-11-25(19-26)30(37)34-28(18-24-13-16-39-21-24)27(32)17-22(3)29(36)33-20-23-9-6-7-10-23/h8,11-13,16,19,21-23,27-28H,4-7,9-10,14-15,17-18,20,32H2,1-3H3,(H,33,36)(H,34,37)/t22-,27+,28+/m1/s1. The first-order chi connectivity index (χ1) is 18.8. The topological polar surface area (TPSA) is 118 Å². The number of carbonyl (C=O) groups is 3.